The van der Waals surface area contributed by atoms with Gasteiger partial charge in [-0.15, -0.1) is 11.3 Å². The van der Waals surface area contributed by atoms with E-state index in [1.807, 2.05) is 18.2 Å². The van der Waals surface area contributed by atoms with Gasteiger partial charge in [-0.1, -0.05) is 0 Å². The number of rotatable bonds is 2. The van der Waals surface area contributed by atoms with Crippen molar-refractivity contribution in [2.75, 3.05) is 26.5 Å². The van der Waals surface area contributed by atoms with Crippen molar-refractivity contribution in [3.8, 4) is 22.8 Å². The third-order valence-electron chi connectivity index (χ3n) is 3.39. The Morgan fingerprint density at radius 1 is 1.25 bits per heavy atom. The van der Waals surface area contributed by atoms with E-state index in [1.165, 1.54) is 0 Å². The third-order valence-corrected chi connectivity index (χ3v) is 4.33. The molecule has 4 rings (SSSR count). The van der Waals surface area contributed by atoms with Crippen molar-refractivity contribution in [1.82, 2.24) is 10.3 Å². The van der Waals surface area contributed by atoms with E-state index in [-0.39, 0.29) is 6.10 Å². The molecule has 2 aliphatic rings. The summed E-state index contributed by atoms with van der Waals surface area (Å²) in [4.78, 5) is 4.69. The molecule has 1 unspecified atom stereocenters. The van der Waals surface area contributed by atoms with Gasteiger partial charge in [0.05, 0.1) is 12.3 Å². The fourth-order valence-corrected chi connectivity index (χ4v) is 3.22. The average Bonchev–Trinajstić information content (AvgIpc) is 3.16. The monoisotopic (exact) mass is 290 g/mol. The van der Waals surface area contributed by atoms with Crippen molar-refractivity contribution in [2.45, 2.75) is 6.10 Å². The minimum Gasteiger partial charge on any atom is -0.454 e. The molecule has 2 aromatic rings. The first-order chi connectivity index (χ1) is 9.90. The van der Waals surface area contributed by atoms with Gasteiger partial charge < -0.3 is 19.5 Å². The van der Waals surface area contributed by atoms with Crippen LogP contribution in [-0.2, 0) is 4.74 Å². The van der Waals surface area contributed by atoms with E-state index < -0.39 is 0 Å². The predicted molar refractivity (Wildman–Crippen MR) is 75.2 cm³/mol. The number of nitrogens with zero attached hydrogens (tertiary/aromatic N) is 1. The van der Waals surface area contributed by atoms with Gasteiger partial charge in [-0.25, -0.2) is 4.98 Å². The van der Waals surface area contributed by atoms with Crippen LogP contribution in [0.1, 0.15) is 11.1 Å². The van der Waals surface area contributed by atoms with Gasteiger partial charge in [-0.05, 0) is 18.2 Å². The second kappa shape index (κ2) is 5.05. The summed E-state index contributed by atoms with van der Waals surface area (Å²) >= 11 is 1.64. The molecule has 0 aliphatic carbocycles. The second-order valence-electron chi connectivity index (χ2n) is 4.70. The van der Waals surface area contributed by atoms with Crippen LogP contribution in [0.2, 0.25) is 0 Å². The zero-order valence-corrected chi connectivity index (χ0v) is 11.6. The van der Waals surface area contributed by atoms with Crippen LogP contribution >= 0.6 is 11.3 Å². The Bertz CT molecular complexity index is 623. The lowest BCUT2D eigenvalue weighted by Gasteiger charge is -2.21. The highest BCUT2D eigenvalue weighted by molar-refractivity contribution is 7.10. The Balaban J connectivity index is 1.61. The Morgan fingerprint density at radius 3 is 3.10 bits per heavy atom. The first-order valence-electron chi connectivity index (χ1n) is 6.58. The van der Waals surface area contributed by atoms with Gasteiger partial charge in [-0.3, -0.25) is 0 Å². The molecule has 5 nitrogen and oxygen atoms in total. The summed E-state index contributed by atoms with van der Waals surface area (Å²) in [5.74, 6) is 1.58. The fourth-order valence-electron chi connectivity index (χ4n) is 2.35. The van der Waals surface area contributed by atoms with Crippen molar-refractivity contribution in [3.05, 3.63) is 28.6 Å². The van der Waals surface area contributed by atoms with E-state index >= 15 is 0 Å². The average molecular weight is 290 g/mol. The molecule has 1 atom stereocenters. The third kappa shape index (κ3) is 2.15. The van der Waals surface area contributed by atoms with Crippen LogP contribution in [0.15, 0.2) is 23.6 Å². The molecule has 0 amide bonds. The predicted octanol–water partition coefficient (Wildman–Crippen LogP) is 2.20. The Labute approximate surface area is 120 Å². The number of thiazole rings is 1. The maximum absolute atomic E-state index is 5.73. The number of aromatic nitrogens is 1. The lowest BCUT2D eigenvalue weighted by atomic mass is 10.1. The van der Waals surface area contributed by atoms with E-state index in [9.17, 15) is 0 Å². The Kier molecular flexibility index (Phi) is 3.06. The topological polar surface area (TPSA) is 52.6 Å². The first kappa shape index (κ1) is 12.1. The SMILES string of the molecule is c1cc2c(cc1-c1csc(C3CNCCO3)n1)OCO2. The maximum Gasteiger partial charge on any atom is 0.231 e. The normalized spacial score (nSPS) is 21.1. The molecule has 1 N–H and O–H groups in total. The summed E-state index contributed by atoms with van der Waals surface area (Å²) in [6.07, 6.45) is 0.0662. The minimum atomic E-state index is 0.0662. The molecule has 104 valence electrons. The zero-order chi connectivity index (χ0) is 13.4. The van der Waals surface area contributed by atoms with Gasteiger partial charge in [0.25, 0.3) is 0 Å². The van der Waals surface area contributed by atoms with Gasteiger partial charge in [0.15, 0.2) is 11.5 Å². The van der Waals surface area contributed by atoms with E-state index in [1.54, 1.807) is 11.3 Å². The molecular weight excluding hydrogens is 276 g/mol. The van der Waals surface area contributed by atoms with Crippen LogP contribution in [0.3, 0.4) is 0 Å². The summed E-state index contributed by atoms with van der Waals surface area (Å²) in [6.45, 7) is 2.78. The van der Waals surface area contributed by atoms with Crippen LogP contribution in [0.5, 0.6) is 11.5 Å². The van der Waals surface area contributed by atoms with Gasteiger partial charge in [-0.2, -0.15) is 0 Å². The molecule has 20 heavy (non-hydrogen) atoms. The number of morpholine rings is 1. The van der Waals surface area contributed by atoms with E-state index in [0.717, 1.165) is 47.5 Å². The molecule has 0 saturated carbocycles. The number of hydrogen-bond acceptors (Lipinski definition) is 6. The highest BCUT2D eigenvalue weighted by Gasteiger charge is 2.20. The number of benzene rings is 1. The summed E-state index contributed by atoms with van der Waals surface area (Å²) < 4.78 is 16.5. The fraction of sp³-hybridized carbons (Fsp3) is 0.357. The number of ether oxygens (including phenoxy) is 3. The van der Waals surface area contributed by atoms with Crippen molar-refractivity contribution >= 4 is 11.3 Å². The lowest BCUT2D eigenvalue weighted by molar-refractivity contribution is 0.0276. The van der Waals surface area contributed by atoms with E-state index in [2.05, 4.69) is 15.7 Å². The highest BCUT2D eigenvalue weighted by atomic mass is 32.1. The van der Waals surface area contributed by atoms with Crippen molar-refractivity contribution in [2.24, 2.45) is 0 Å². The molecule has 6 heteroatoms. The van der Waals surface area contributed by atoms with Crippen molar-refractivity contribution in [3.63, 3.8) is 0 Å². The molecule has 0 bridgehead atoms. The van der Waals surface area contributed by atoms with E-state index in [0.29, 0.717) is 6.79 Å². The maximum atomic E-state index is 5.73. The van der Waals surface area contributed by atoms with Gasteiger partial charge in [0.1, 0.15) is 11.1 Å². The Hall–Kier alpha value is -1.63. The number of fused-ring (bicyclic) bond motifs is 1. The van der Waals surface area contributed by atoms with E-state index in [4.69, 9.17) is 14.2 Å². The molecule has 0 spiro atoms. The molecule has 1 fully saturated rings. The molecular formula is C14H14N2O3S. The zero-order valence-electron chi connectivity index (χ0n) is 10.8. The molecule has 3 heterocycles. The lowest BCUT2D eigenvalue weighted by Crippen LogP contribution is -2.33. The standard InChI is InChI=1S/C14H14N2O3S/c1-2-11-12(19-8-18-11)5-9(1)10-7-20-14(16-10)13-6-15-3-4-17-13/h1-2,5,7,13,15H,3-4,6,8H2. The van der Waals surface area contributed by atoms with Crippen molar-refractivity contribution < 1.29 is 14.2 Å². The summed E-state index contributed by atoms with van der Waals surface area (Å²) in [5.41, 5.74) is 2.00. The largest absolute Gasteiger partial charge is 0.454 e. The first-order valence-corrected chi connectivity index (χ1v) is 7.46. The number of hydrogen-bond donors (Lipinski definition) is 1. The molecule has 1 aromatic heterocycles. The summed E-state index contributed by atoms with van der Waals surface area (Å²) in [6, 6.07) is 5.91. The molecule has 2 aliphatic heterocycles. The molecule has 0 radical (unpaired) electrons. The second-order valence-corrected chi connectivity index (χ2v) is 5.59. The minimum absolute atomic E-state index is 0.0662. The Morgan fingerprint density at radius 2 is 2.20 bits per heavy atom. The van der Waals surface area contributed by atoms with Gasteiger partial charge >= 0.3 is 0 Å². The van der Waals surface area contributed by atoms with Crippen LogP contribution in [0.25, 0.3) is 11.3 Å². The van der Waals surface area contributed by atoms with Crippen LogP contribution in [0, 0.1) is 0 Å². The molecule has 1 aromatic carbocycles. The molecule has 1 saturated heterocycles. The van der Waals surface area contributed by atoms with Gasteiger partial charge in [0.2, 0.25) is 6.79 Å². The summed E-state index contributed by atoms with van der Waals surface area (Å²) in [7, 11) is 0. The van der Waals surface area contributed by atoms with Crippen LogP contribution < -0.4 is 14.8 Å². The smallest absolute Gasteiger partial charge is 0.231 e. The van der Waals surface area contributed by atoms with Crippen molar-refractivity contribution in [1.29, 1.82) is 0 Å². The van der Waals surface area contributed by atoms with Crippen LogP contribution in [-0.4, -0.2) is 31.5 Å². The quantitative estimate of drug-likeness (QED) is 0.919. The highest BCUT2D eigenvalue weighted by Crippen LogP contribution is 2.36. The number of nitrogens with one attached hydrogen (secondary N) is 1. The summed E-state index contributed by atoms with van der Waals surface area (Å²) in [5, 5.41) is 6.40. The van der Waals surface area contributed by atoms with Gasteiger partial charge in [0, 0.05) is 24.0 Å². The van der Waals surface area contributed by atoms with Crippen LogP contribution in [0.4, 0.5) is 0 Å².